The van der Waals surface area contributed by atoms with Gasteiger partial charge >= 0.3 is 0 Å². The van der Waals surface area contributed by atoms with Gasteiger partial charge in [-0.05, 0) is 44.2 Å². The molecule has 0 amide bonds. The van der Waals surface area contributed by atoms with E-state index in [-0.39, 0.29) is 12.0 Å². The monoisotopic (exact) mass is 220 g/mol. The fourth-order valence-corrected chi connectivity index (χ4v) is 3.12. The van der Waals surface area contributed by atoms with E-state index in [1.165, 1.54) is 12.8 Å². The molecule has 0 saturated carbocycles. The molecule has 0 spiro atoms. The van der Waals surface area contributed by atoms with Gasteiger partial charge in [0.25, 0.3) is 0 Å². The Morgan fingerprint density at radius 3 is 3.00 bits per heavy atom. The maximum Gasteiger partial charge on any atom is 0.128 e. The van der Waals surface area contributed by atoms with Crippen LogP contribution in [0, 0.1) is 5.82 Å². The molecule has 16 heavy (non-hydrogen) atoms. The molecule has 3 rings (SSSR count). The number of hydrogen-bond acceptors (Lipinski definition) is 2. The van der Waals surface area contributed by atoms with Crippen LogP contribution in [-0.4, -0.2) is 12.2 Å². The zero-order valence-electron chi connectivity index (χ0n) is 9.32. The molecule has 0 aliphatic carbocycles. The summed E-state index contributed by atoms with van der Waals surface area (Å²) in [5.41, 5.74) is 8.05. The Hall–Kier alpha value is -1.09. The average molecular weight is 220 g/mol. The van der Waals surface area contributed by atoms with Crippen molar-refractivity contribution in [3.05, 3.63) is 29.6 Å². The first-order valence-corrected chi connectivity index (χ1v) is 6.08. The number of benzene rings is 1. The molecule has 3 heteroatoms. The zero-order valence-corrected chi connectivity index (χ0v) is 9.32. The normalized spacial score (nSPS) is 28.5. The third kappa shape index (κ3) is 1.42. The molecule has 1 aromatic rings. The molecule has 2 unspecified atom stereocenters. The lowest BCUT2D eigenvalue weighted by Crippen LogP contribution is -2.53. The van der Waals surface area contributed by atoms with Crippen molar-refractivity contribution in [1.29, 1.82) is 0 Å². The van der Waals surface area contributed by atoms with Crippen molar-refractivity contribution in [3.63, 3.8) is 0 Å². The maximum absolute atomic E-state index is 13.7. The van der Waals surface area contributed by atoms with Gasteiger partial charge in [-0.3, -0.25) is 0 Å². The van der Waals surface area contributed by atoms with Crippen molar-refractivity contribution in [3.8, 4) is 0 Å². The summed E-state index contributed by atoms with van der Waals surface area (Å²) in [6.45, 7) is 0. The topological polar surface area (TPSA) is 29.3 Å². The van der Waals surface area contributed by atoms with Crippen molar-refractivity contribution >= 4 is 5.69 Å². The lowest BCUT2D eigenvalue weighted by atomic mass is 9.88. The van der Waals surface area contributed by atoms with Crippen molar-refractivity contribution in [2.75, 3.05) is 4.90 Å². The summed E-state index contributed by atoms with van der Waals surface area (Å²) in [7, 11) is 0. The second kappa shape index (κ2) is 3.74. The highest BCUT2D eigenvalue weighted by molar-refractivity contribution is 5.58. The number of hydrogen-bond donors (Lipinski definition) is 1. The summed E-state index contributed by atoms with van der Waals surface area (Å²) in [4.78, 5) is 2.24. The van der Waals surface area contributed by atoms with E-state index in [1.807, 2.05) is 6.07 Å². The predicted molar refractivity (Wildman–Crippen MR) is 62.8 cm³/mol. The lowest BCUT2D eigenvalue weighted by Gasteiger charge is -2.46. The molecule has 2 atom stereocenters. The summed E-state index contributed by atoms with van der Waals surface area (Å²) in [5, 5.41) is 0. The zero-order chi connectivity index (χ0) is 11.1. The molecule has 2 N–H and O–H groups in total. The molecule has 1 saturated heterocycles. The SMILES string of the molecule is NC1CCCC2CCc3c(F)cccc3N12. The molecular weight excluding hydrogens is 203 g/mol. The third-order valence-electron chi connectivity index (χ3n) is 3.89. The number of piperidine rings is 1. The summed E-state index contributed by atoms with van der Waals surface area (Å²) >= 11 is 0. The van der Waals surface area contributed by atoms with Crippen LogP contribution in [0.1, 0.15) is 31.2 Å². The van der Waals surface area contributed by atoms with Crippen LogP contribution in [0.4, 0.5) is 10.1 Å². The second-order valence-corrected chi connectivity index (χ2v) is 4.84. The standard InChI is InChI=1S/C13H17FN2/c14-11-4-2-5-12-10(11)8-7-9-3-1-6-13(15)16(9)12/h2,4-5,9,13H,1,3,6-8,15H2. The molecule has 2 aliphatic heterocycles. The number of nitrogens with two attached hydrogens (primary N) is 1. The van der Waals surface area contributed by atoms with Crippen LogP contribution in [0.5, 0.6) is 0 Å². The van der Waals surface area contributed by atoms with Gasteiger partial charge in [-0.25, -0.2) is 4.39 Å². The van der Waals surface area contributed by atoms with Crippen LogP contribution in [0.25, 0.3) is 0 Å². The van der Waals surface area contributed by atoms with Gasteiger partial charge in [0.2, 0.25) is 0 Å². The Morgan fingerprint density at radius 1 is 1.25 bits per heavy atom. The highest BCUT2D eigenvalue weighted by Crippen LogP contribution is 2.37. The fraction of sp³-hybridized carbons (Fsp3) is 0.538. The van der Waals surface area contributed by atoms with Crippen molar-refractivity contribution in [1.82, 2.24) is 0 Å². The summed E-state index contributed by atoms with van der Waals surface area (Å²) < 4.78 is 13.7. The first kappa shape index (κ1) is 10.1. The van der Waals surface area contributed by atoms with Gasteiger partial charge in [-0.2, -0.15) is 0 Å². The minimum atomic E-state index is -0.0753. The third-order valence-corrected chi connectivity index (χ3v) is 3.89. The van der Waals surface area contributed by atoms with Crippen LogP contribution in [0.3, 0.4) is 0 Å². The number of fused-ring (bicyclic) bond motifs is 3. The largest absolute Gasteiger partial charge is 0.353 e. The van der Waals surface area contributed by atoms with E-state index in [0.29, 0.717) is 6.04 Å². The van der Waals surface area contributed by atoms with Gasteiger partial charge in [-0.15, -0.1) is 0 Å². The van der Waals surface area contributed by atoms with Gasteiger partial charge in [0.15, 0.2) is 0 Å². The molecule has 2 aliphatic rings. The van der Waals surface area contributed by atoms with Gasteiger partial charge in [-0.1, -0.05) is 6.07 Å². The van der Waals surface area contributed by atoms with Gasteiger partial charge in [0, 0.05) is 17.3 Å². The van der Waals surface area contributed by atoms with Crippen molar-refractivity contribution in [2.24, 2.45) is 5.73 Å². The molecule has 2 heterocycles. The van der Waals surface area contributed by atoms with E-state index < -0.39 is 0 Å². The molecule has 1 fully saturated rings. The van der Waals surface area contributed by atoms with Crippen LogP contribution in [-0.2, 0) is 6.42 Å². The Kier molecular flexibility index (Phi) is 2.36. The van der Waals surface area contributed by atoms with Crippen LogP contribution in [0.2, 0.25) is 0 Å². The van der Waals surface area contributed by atoms with Crippen LogP contribution >= 0.6 is 0 Å². The summed E-state index contributed by atoms with van der Waals surface area (Å²) in [6, 6.07) is 5.88. The first-order valence-electron chi connectivity index (χ1n) is 6.08. The smallest absolute Gasteiger partial charge is 0.128 e. The molecular formula is C13H17FN2. The second-order valence-electron chi connectivity index (χ2n) is 4.84. The number of nitrogens with zero attached hydrogens (tertiary/aromatic N) is 1. The van der Waals surface area contributed by atoms with Crippen LogP contribution < -0.4 is 10.6 Å². The molecule has 0 aromatic heterocycles. The minimum absolute atomic E-state index is 0.0691. The number of rotatable bonds is 0. The Labute approximate surface area is 95.2 Å². The number of halogens is 1. The van der Waals surface area contributed by atoms with Crippen molar-refractivity contribution in [2.45, 2.75) is 44.3 Å². The number of anilines is 1. The first-order chi connectivity index (χ1) is 7.77. The van der Waals surface area contributed by atoms with E-state index in [9.17, 15) is 4.39 Å². The molecule has 0 radical (unpaired) electrons. The van der Waals surface area contributed by atoms with E-state index in [2.05, 4.69) is 4.90 Å². The van der Waals surface area contributed by atoms with Gasteiger partial charge in [0.05, 0.1) is 6.17 Å². The average Bonchev–Trinajstić information content (AvgIpc) is 2.29. The highest BCUT2D eigenvalue weighted by Gasteiger charge is 2.33. The van der Waals surface area contributed by atoms with Crippen LogP contribution in [0.15, 0.2) is 18.2 Å². The highest BCUT2D eigenvalue weighted by atomic mass is 19.1. The summed E-state index contributed by atoms with van der Waals surface area (Å²) in [6.07, 6.45) is 5.39. The van der Waals surface area contributed by atoms with E-state index in [1.54, 1.807) is 12.1 Å². The Morgan fingerprint density at radius 2 is 2.12 bits per heavy atom. The molecule has 2 nitrogen and oxygen atoms in total. The summed E-state index contributed by atoms with van der Waals surface area (Å²) in [5.74, 6) is -0.0753. The van der Waals surface area contributed by atoms with Gasteiger partial charge in [0.1, 0.15) is 5.82 Å². The maximum atomic E-state index is 13.7. The van der Waals surface area contributed by atoms with E-state index in [4.69, 9.17) is 5.73 Å². The Balaban J connectivity index is 2.06. The Bertz CT molecular complexity index is 405. The van der Waals surface area contributed by atoms with E-state index >= 15 is 0 Å². The quantitative estimate of drug-likeness (QED) is 0.727. The van der Waals surface area contributed by atoms with Crippen molar-refractivity contribution < 1.29 is 4.39 Å². The lowest BCUT2D eigenvalue weighted by molar-refractivity contribution is 0.357. The molecule has 1 aromatic carbocycles. The van der Waals surface area contributed by atoms with E-state index in [0.717, 1.165) is 30.5 Å². The fourth-order valence-electron chi connectivity index (χ4n) is 3.12. The predicted octanol–water partition coefficient (Wildman–Crippen LogP) is 2.42. The minimum Gasteiger partial charge on any atom is -0.353 e. The molecule has 0 bridgehead atoms. The van der Waals surface area contributed by atoms with Gasteiger partial charge < -0.3 is 10.6 Å². The molecule has 86 valence electrons.